The highest BCUT2D eigenvalue weighted by Gasteiger charge is 2.30. The van der Waals surface area contributed by atoms with Crippen molar-refractivity contribution in [2.45, 2.75) is 26.4 Å². The van der Waals surface area contributed by atoms with E-state index in [1.54, 1.807) is 45.2 Å². The fraction of sp³-hybridized carbons (Fsp3) is 0.278. The first-order valence-electron chi connectivity index (χ1n) is 7.12. The van der Waals surface area contributed by atoms with E-state index in [9.17, 15) is 4.79 Å². The molecule has 0 atom stereocenters. The van der Waals surface area contributed by atoms with Crippen molar-refractivity contribution in [2.75, 3.05) is 12.4 Å². The Balaban J connectivity index is 2.06. The van der Waals surface area contributed by atoms with Crippen molar-refractivity contribution >= 4 is 11.6 Å². The van der Waals surface area contributed by atoms with Crippen LogP contribution < -0.4 is 14.8 Å². The number of nitrogens with one attached hydrogen (secondary N) is 1. The lowest BCUT2D eigenvalue weighted by molar-refractivity contribution is -0.128. The minimum Gasteiger partial charge on any atom is -0.497 e. The minimum absolute atomic E-state index is 0.209. The van der Waals surface area contributed by atoms with Gasteiger partial charge in [0, 0.05) is 5.69 Å². The highest BCUT2D eigenvalue weighted by molar-refractivity contribution is 5.97. The van der Waals surface area contributed by atoms with E-state index in [1.807, 2.05) is 31.2 Å². The second-order valence-corrected chi connectivity index (χ2v) is 5.61. The maximum absolute atomic E-state index is 12.4. The van der Waals surface area contributed by atoms with E-state index in [0.717, 1.165) is 11.3 Å². The lowest BCUT2D eigenvalue weighted by Gasteiger charge is -2.25. The molecule has 0 bridgehead atoms. The van der Waals surface area contributed by atoms with Crippen LogP contribution in [0.4, 0.5) is 5.69 Å². The van der Waals surface area contributed by atoms with Gasteiger partial charge >= 0.3 is 0 Å². The first kappa shape index (κ1) is 15.9. The van der Waals surface area contributed by atoms with E-state index in [2.05, 4.69) is 5.32 Å². The fourth-order valence-electron chi connectivity index (χ4n) is 1.98. The van der Waals surface area contributed by atoms with E-state index in [1.165, 1.54) is 0 Å². The van der Waals surface area contributed by atoms with Gasteiger partial charge in [-0.05, 0) is 62.7 Å². The number of carbonyl (C=O) groups is 1. The molecule has 0 saturated carbocycles. The number of methoxy groups -OCH3 is 1. The van der Waals surface area contributed by atoms with E-state index in [4.69, 9.17) is 9.47 Å². The van der Waals surface area contributed by atoms with Gasteiger partial charge in [-0.1, -0.05) is 12.1 Å². The fourth-order valence-corrected chi connectivity index (χ4v) is 1.98. The van der Waals surface area contributed by atoms with E-state index >= 15 is 0 Å². The van der Waals surface area contributed by atoms with Gasteiger partial charge in [-0.3, -0.25) is 4.79 Å². The maximum Gasteiger partial charge on any atom is 0.267 e. The first-order chi connectivity index (χ1) is 10.4. The summed E-state index contributed by atoms with van der Waals surface area (Å²) in [5, 5.41) is 2.85. The van der Waals surface area contributed by atoms with Gasteiger partial charge in [0.1, 0.15) is 11.5 Å². The Kier molecular flexibility index (Phi) is 4.71. The Bertz CT molecular complexity index is 648. The van der Waals surface area contributed by atoms with E-state index < -0.39 is 5.60 Å². The van der Waals surface area contributed by atoms with Gasteiger partial charge in [0.05, 0.1) is 7.11 Å². The SMILES string of the molecule is COc1ccc(NC(=O)C(C)(C)Oc2cccc(C)c2)cc1. The monoisotopic (exact) mass is 299 g/mol. The van der Waals surface area contributed by atoms with Crippen LogP contribution in [0.5, 0.6) is 11.5 Å². The largest absolute Gasteiger partial charge is 0.497 e. The second-order valence-electron chi connectivity index (χ2n) is 5.61. The Morgan fingerprint density at radius 3 is 2.32 bits per heavy atom. The number of rotatable bonds is 5. The van der Waals surface area contributed by atoms with Crippen molar-refractivity contribution < 1.29 is 14.3 Å². The number of aryl methyl sites for hydroxylation is 1. The van der Waals surface area contributed by atoms with Crippen molar-refractivity contribution in [1.82, 2.24) is 0 Å². The van der Waals surface area contributed by atoms with E-state index in [-0.39, 0.29) is 5.91 Å². The molecule has 1 amide bonds. The Morgan fingerprint density at radius 1 is 1.05 bits per heavy atom. The molecule has 0 aliphatic heterocycles. The third kappa shape index (κ3) is 4.01. The van der Waals surface area contributed by atoms with Crippen LogP contribution in [-0.2, 0) is 4.79 Å². The standard InChI is InChI=1S/C18H21NO3/c1-13-6-5-7-16(12-13)22-18(2,3)17(20)19-14-8-10-15(21-4)11-9-14/h5-12H,1-4H3,(H,19,20). The lowest BCUT2D eigenvalue weighted by Crippen LogP contribution is -2.42. The number of amides is 1. The van der Waals surface area contributed by atoms with Gasteiger partial charge in [-0.2, -0.15) is 0 Å². The summed E-state index contributed by atoms with van der Waals surface area (Å²) in [6.45, 7) is 5.47. The molecule has 4 heteroatoms. The molecule has 0 radical (unpaired) electrons. The normalized spacial score (nSPS) is 10.9. The van der Waals surface area contributed by atoms with Crippen LogP contribution in [0.3, 0.4) is 0 Å². The molecule has 0 aliphatic rings. The minimum atomic E-state index is -0.978. The molecule has 2 aromatic carbocycles. The van der Waals surface area contributed by atoms with Crippen molar-refractivity contribution in [3.8, 4) is 11.5 Å². The molecule has 0 spiro atoms. The van der Waals surface area contributed by atoms with Gasteiger partial charge in [-0.25, -0.2) is 0 Å². The predicted octanol–water partition coefficient (Wildman–Crippen LogP) is 3.80. The zero-order valence-electron chi connectivity index (χ0n) is 13.3. The van der Waals surface area contributed by atoms with Crippen LogP contribution in [-0.4, -0.2) is 18.6 Å². The molecule has 2 aromatic rings. The van der Waals surface area contributed by atoms with Crippen LogP contribution in [0.1, 0.15) is 19.4 Å². The average Bonchev–Trinajstić information content (AvgIpc) is 2.47. The Morgan fingerprint density at radius 2 is 1.73 bits per heavy atom. The zero-order valence-corrected chi connectivity index (χ0v) is 13.3. The summed E-state index contributed by atoms with van der Waals surface area (Å²) in [6, 6.07) is 14.8. The van der Waals surface area contributed by atoms with Crippen LogP contribution in [0.15, 0.2) is 48.5 Å². The van der Waals surface area contributed by atoms with Crippen molar-refractivity contribution in [3.05, 3.63) is 54.1 Å². The molecule has 4 nitrogen and oxygen atoms in total. The molecule has 1 N–H and O–H groups in total. The summed E-state index contributed by atoms with van der Waals surface area (Å²) in [5.74, 6) is 1.21. The van der Waals surface area contributed by atoms with Crippen molar-refractivity contribution in [3.63, 3.8) is 0 Å². The van der Waals surface area contributed by atoms with Gasteiger partial charge in [0.15, 0.2) is 5.60 Å². The summed E-state index contributed by atoms with van der Waals surface area (Å²) >= 11 is 0. The number of hydrogen-bond donors (Lipinski definition) is 1. The van der Waals surface area contributed by atoms with Gasteiger partial charge in [0.25, 0.3) is 5.91 Å². The molecule has 2 rings (SSSR count). The smallest absolute Gasteiger partial charge is 0.267 e. The number of ether oxygens (including phenoxy) is 2. The first-order valence-corrected chi connectivity index (χ1v) is 7.12. The summed E-state index contributed by atoms with van der Waals surface area (Å²) in [4.78, 5) is 12.4. The number of benzene rings is 2. The quantitative estimate of drug-likeness (QED) is 0.913. The summed E-state index contributed by atoms with van der Waals surface area (Å²) < 4.78 is 10.9. The Labute approximate surface area is 131 Å². The third-order valence-corrected chi connectivity index (χ3v) is 3.26. The number of carbonyl (C=O) groups excluding carboxylic acids is 1. The molecule has 0 unspecified atom stereocenters. The molecule has 0 fully saturated rings. The van der Waals surface area contributed by atoms with Crippen molar-refractivity contribution in [1.29, 1.82) is 0 Å². The molecule has 0 heterocycles. The molecule has 0 aromatic heterocycles. The maximum atomic E-state index is 12.4. The summed E-state index contributed by atoms with van der Waals surface area (Å²) in [5.41, 5.74) is 0.809. The van der Waals surface area contributed by atoms with Crippen LogP contribution in [0.25, 0.3) is 0 Å². The molecule has 116 valence electrons. The average molecular weight is 299 g/mol. The number of hydrogen-bond acceptors (Lipinski definition) is 3. The lowest BCUT2D eigenvalue weighted by atomic mass is 10.1. The van der Waals surface area contributed by atoms with Gasteiger partial charge in [-0.15, -0.1) is 0 Å². The summed E-state index contributed by atoms with van der Waals surface area (Å²) in [7, 11) is 1.60. The van der Waals surface area contributed by atoms with Crippen molar-refractivity contribution in [2.24, 2.45) is 0 Å². The molecule has 0 aliphatic carbocycles. The second kappa shape index (κ2) is 6.52. The molecular weight excluding hydrogens is 278 g/mol. The zero-order chi connectivity index (χ0) is 16.2. The van der Waals surface area contributed by atoms with Crippen LogP contribution in [0.2, 0.25) is 0 Å². The molecular formula is C18H21NO3. The highest BCUT2D eigenvalue weighted by Crippen LogP contribution is 2.22. The van der Waals surface area contributed by atoms with E-state index in [0.29, 0.717) is 11.4 Å². The third-order valence-electron chi connectivity index (χ3n) is 3.26. The predicted molar refractivity (Wildman–Crippen MR) is 87.5 cm³/mol. The number of anilines is 1. The van der Waals surface area contributed by atoms with Crippen LogP contribution >= 0.6 is 0 Å². The molecule has 22 heavy (non-hydrogen) atoms. The Hall–Kier alpha value is -2.49. The van der Waals surface area contributed by atoms with Gasteiger partial charge < -0.3 is 14.8 Å². The highest BCUT2D eigenvalue weighted by atomic mass is 16.5. The molecule has 0 saturated heterocycles. The van der Waals surface area contributed by atoms with Gasteiger partial charge in [0.2, 0.25) is 0 Å². The summed E-state index contributed by atoms with van der Waals surface area (Å²) in [6.07, 6.45) is 0. The topological polar surface area (TPSA) is 47.6 Å². The van der Waals surface area contributed by atoms with Crippen LogP contribution in [0, 0.1) is 6.92 Å².